The van der Waals surface area contributed by atoms with Crippen molar-refractivity contribution in [3.8, 4) is 0 Å². The van der Waals surface area contributed by atoms with E-state index in [1.165, 1.54) is 0 Å². The third-order valence-corrected chi connectivity index (χ3v) is 3.32. The normalized spacial score (nSPS) is 14.1. The van der Waals surface area contributed by atoms with Crippen molar-refractivity contribution in [2.24, 2.45) is 5.73 Å². The first-order valence-corrected chi connectivity index (χ1v) is 7.89. The van der Waals surface area contributed by atoms with Crippen LogP contribution in [0.4, 0.5) is 0 Å². The van der Waals surface area contributed by atoms with Crippen LogP contribution in [0.3, 0.4) is 0 Å². The third-order valence-electron chi connectivity index (χ3n) is 2.55. The van der Waals surface area contributed by atoms with Gasteiger partial charge in [0.2, 0.25) is 5.89 Å². The highest BCUT2D eigenvalue weighted by Gasteiger charge is 2.18. The molecule has 7 nitrogen and oxygen atoms in total. The highest BCUT2D eigenvalue weighted by atomic mass is 32.2. The Morgan fingerprint density at radius 1 is 1.39 bits per heavy atom. The molecule has 0 spiro atoms. The summed E-state index contributed by atoms with van der Waals surface area (Å²) in [6, 6.07) is -0.373. The van der Waals surface area contributed by atoms with Gasteiger partial charge in [-0.15, -0.1) is 0 Å². The lowest BCUT2D eigenvalue weighted by Gasteiger charge is -2.20. The van der Waals surface area contributed by atoms with Crippen molar-refractivity contribution in [2.75, 3.05) is 25.9 Å². The van der Waals surface area contributed by atoms with E-state index in [0.29, 0.717) is 12.4 Å². The molecule has 0 aliphatic rings. The Morgan fingerprint density at radius 2 is 2.00 bits per heavy atom. The minimum Gasteiger partial charge on any atom is -0.338 e. The molecule has 1 unspecified atom stereocenters. The summed E-state index contributed by atoms with van der Waals surface area (Å²) in [5.74, 6) is 0.181. The van der Waals surface area contributed by atoms with Crippen LogP contribution in [0.15, 0.2) is 4.52 Å². The molecule has 1 aromatic heterocycles. The first-order chi connectivity index (χ1) is 8.35. The van der Waals surface area contributed by atoms with Crippen molar-refractivity contribution in [3.05, 3.63) is 11.7 Å². The molecule has 0 radical (unpaired) electrons. The van der Waals surface area contributed by atoms with Crippen LogP contribution >= 0.6 is 0 Å². The number of hydrogen-bond donors (Lipinski definition) is 1. The zero-order valence-corrected chi connectivity index (χ0v) is 11.8. The van der Waals surface area contributed by atoms with E-state index in [1.807, 2.05) is 13.8 Å². The Balaban J connectivity index is 2.67. The molecule has 0 bridgehead atoms. The molecule has 18 heavy (non-hydrogen) atoms. The average Bonchev–Trinajstić information content (AvgIpc) is 2.71. The molecule has 0 aliphatic carbocycles. The predicted octanol–water partition coefficient (Wildman–Crippen LogP) is -0.0442. The number of nitrogens with zero attached hydrogens (tertiary/aromatic N) is 3. The molecule has 0 aliphatic heterocycles. The van der Waals surface area contributed by atoms with Crippen LogP contribution in [0.25, 0.3) is 0 Å². The molecule has 8 heteroatoms. The van der Waals surface area contributed by atoms with Crippen LogP contribution in [0.5, 0.6) is 0 Å². The van der Waals surface area contributed by atoms with Gasteiger partial charge in [0.25, 0.3) is 0 Å². The lowest BCUT2D eigenvalue weighted by Crippen LogP contribution is -2.32. The van der Waals surface area contributed by atoms with Crippen LogP contribution in [0.2, 0.25) is 0 Å². The van der Waals surface area contributed by atoms with Crippen molar-refractivity contribution in [3.63, 3.8) is 0 Å². The molecular formula is C10H20N4O3S. The molecule has 0 aromatic carbocycles. The van der Waals surface area contributed by atoms with Crippen LogP contribution < -0.4 is 5.73 Å². The molecule has 1 heterocycles. The maximum atomic E-state index is 11.1. The minimum atomic E-state index is -3.17. The van der Waals surface area contributed by atoms with Gasteiger partial charge in [0.1, 0.15) is 5.75 Å². The Morgan fingerprint density at radius 3 is 2.50 bits per heavy atom. The number of hydrogen-bond acceptors (Lipinski definition) is 7. The summed E-state index contributed by atoms with van der Waals surface area (Å²) in [7, 11) is -3.17. The van der Waals surface area contributed by atoms with Crippen LogP contribution in [0.1, 0.15) is 31.6 Å². The Kier molecular flexibility index (Phi) is 5.24. The smallest absolute Gasteiger partial charge is 0.241 e. The number of rotatable bonds is 7. The maximum absolute atomic E-state index is 11.1. The fourth-order valence-electron chi connectivity index (χ4n) is 1.54. The van der Waals surface area contributed by atoms with E-state index < -0.39 is 9.84 Å². The Hall–Kier alpha value is -0.990. The number of nitrogens with two attached hydrogens (primary N) is 1. The van der Waals surface area contributed by atoms with Crippen LogP contribution in [-0.2, 0) is 15.6 Å². The first-order valence-electron chi connectivity index (χ1n) is 5.83. The second-order valence-electron chi connectivity index (χ2n) is 4.21. The zero-order chi connectivity index (χ0) is 13.8. The highest BCUT2D eigenvalue weighted by Crippen LogP contribution is 2.10. The standard InChI is InChI=1S/C10H20N4O3S/c1-4-14(5-2)6-8(11)10-12-9(17-13-10)7-18(3,15)16/h8H,4-7,11H2,1-3H3. The second kappa shape index (κ2) is 6.26. The molecule has 0 amide bonds. The molecule has 0 fully saturated rings. The van der Waals surface area contributed by atoms with E-state index in [2.05, 4.69) is 15.0 Å². The van der Waals surface area contributed by atoms with Crippen LogP contribution in [-0.4, -0.2) is 49.3 Å². The summed E-state index contributed by atoms with van der Waals surface area (Å²) in [6.45, 7) is 6.48. The molecule has 1 atom stereocenters. The van der Waals surface area contributed by atoms with Gasteiger partial charge >= 0.3 is 0 Å². The quantitative estimate of drug-likeness (QED) is 0.745. The van der Waals surface area contributed by atoms with Crippen LogP contribution in [0, 0.1) is 0 Å². The number of sulfone groups is 1. The van der Waals surface area contributed by atoms with Crippen molar-refractivity contribution in [1.82, 2.24) is 15.0 Å². The van der Waals surface area contributed by atoms with Gasteiger partial charge in [0.15, 0.2) is 15.7 Å². The third kappa shape index (κ3) is 4.71. The van der Waals surface area contributed by atoms with E-state index in [9.17, 15) is 8.42 Å². The van der Waals surface area contributed by atoms with Gasteiger partial charge in [-0.05, 0) is 13.1 Å². The monoisotopic (exact) mass is 276 g/mol. The van der Waals surface area contributed by atoms with Crippen molar-refractivity contribution >= 4 is 9.84 Å². The molecule has 104 valence electrons. The molecule has 2 N–H and O–H groups in total. The van der Waals surface area contributed by atoms with E-state index in [-0.39, 0.29) is 17.7 Å². The fraction of sp³-hybridized carbons (Fsp3) is 0.800. The van der Waals surface area contributed by atoms with Gasteiger partial charge in [-0.2, -0.15) is 4.98 Å². The fourth-order valence-corrected chi connectivity index (χ4v) is 2.11. The molecular weight excluding hydrogens is 256 g/mol. The summed E-state index contributed by atoms with van der Waals surface area (Å²) in [4.78, 5) is 6.14. The first kappa shape index (κ1) is 15.1. The lowest BCUT2D eigenvalue weighted by molar-refractivity contribution is 0.277. The summed E-state index contributed by atoms with van der Waals surface area (Å²) < 4.78 is 27.0. The summed E-state index contributed by atoms with van der Waals surface area (Å²) >= 11 is 0. The van der Waals surface area contributed by atoms with Crippen molar-refractivity contribution < 1.29 is 12.9 Å². The van der Waals surface area contributed by atoms with Gasteiger partial charge < -0.3 is 15.2 Å². The molecule has 1 aromatic rings. The Labute approximate surface area is 107 Å². The highest BCUT2D eigenvalue weighted by molar-refractivity contribution is 7.89. The SMILES string of the molecule is CCN(CC)CC(N)c1noc(CS(C)(=O)=O)n1. The molecule has 0 saturated carbocycles. The van der Waals surface area contributed by atoms with E-state index in [1.54, 1.807) is 0 Å². The average molecular weight is 276 g/mol. The number of likely N-dealkylation sites (N-methyl/N-ethyl adjacent to an activating group) is 1. The van der Waals surface area contributed by atoms with Gasteiger partial charge in [-0.1, -0.05) is 19.0 Å². The summed E-state index contributed by atoms with van der Waals surface area (Å²) in [6.07, 6.45) is 1.12. The largest absolute Gasteiger partial charge is 0.338 e. The Bertz CT molecular complexity index is 467. The van der Waals surface area contributed by atoms with E-state index in [0.717, 1.165) is 19.3 Å². The summed E-state index contributed by atoms with van der Waals surface area (Å²) in [5.41, 5.74) is 5.95. The maximum Gasteiger partial charge on any atom is 0.241 e. The topological polar surface area (TPSA) is 102 Å². The number of aromatic nitrogens is 2. The molecule has 1 rings (SSSR count). The van der Waals surface area contributed by atoms with E-state index in [4.69, 9.17) is 10.3 Å². The van der Waals surface area contributed by atoms with E-state index >= 15 is 0 Å². The second-order valence-corrected chi connectivity index (χ2v) is 6.35. The molecule has 0 saturated heterocycles. The van der Waals surface area contributed by atoms with Gasteiger partial charge in [0.05, 0.1) is 6.04 Å². The van der Waals surface area contributed by atoms with Gasteiger partial charge in [-0.25, -0.2) is 8.42 Å². The lowest BCUT2D eigenvalue weighted by atomic mass is 10.2. The minimum absolute atomic E-state index is 0.0856. The van der Waals surface area contributed by atoms with Crippen molar-refractivity contribution in [1.29, 1.82) is 0 Å². The van der Waals surface area contributed by atoms with Gasteiger partial charge in [0, 0.05) is 12.8 Å². The van der Waals surface area contributed by atoms with Crippen molar-refractivity contribution in [2.45, 2.75) is 25.6 Å². The summed E-state index contributed by atoms with van der Waals surface area (Å²) in [5, 5.41) is 3.72. The van der Waals surface area contributed by atoms with Gasteiger partial charge in [-0.3, -0.25) is 0 Å². The predicted molar refractivity (Wildman–Crippen MR) is 67.6 cm³/mol. The zero-order valence-electron chi connectivity index (χ0n) is 11.0.